The van der Waals surface area contributed by atoms with Crippen molar-refractivity contribution in [3.05, 3.63) is 23.5 Å². The first-order valence-electron chi connectivity index (χ1n) is 2.54. The van der Waals surface area contributed by atoms with E-state index in [1.165, 1.54) is 12.3 Å². The van der Waals surface area contributed by atoms with Gasteiger partial charge in [0.2, 0.25) is 0 Å². The van der Waals surface area contributed by atoms with Gasteiger partial charge < -0.3 is 6.87 Å². The zero-order valence-electron chi connectivity index (χ0n) is 5.16. The topological polar surface area (TPSA) is 68.2 Å². The van der Waals surface area contributed by atoms with Crippen molar-refractivity contribution >= 4 is 11.6 Å². The molecule has 0 amide bonds. The van der Waals surface area contributed by atoms with Crippen LogP contribution in [-0.2, 0) is 0 Å². The summed E-state index contributed by atoms with van der Waals surface area (Å²) in [6.07, 6.45) is 1.45. The third-order valence-electron chi connectivity index (χ3n) is 0.871. The van der Waals surface area contributed by atoms with Gasteiger partial charge in [0.25, 0.3) is 5.75 Å². The summed E-state index contributed by atoms with van der Waals surface area (Å²) in [4.78, 5) is 3.62. The zero-order chi connectivity index (χ0) is 8.27. The first-order chi connectivity index (χ1) is 5.20. The van der Waals surface area contributed by atoms with Crippen LogP contribution in [-0.4, -0.2) is 4.98 Å². The Labute approximate surface area is 76.8 Å². The quantitative estimate of drug-likeness (QED) is 0.413. The Hall–Kier alpha value is -0.110. The molecule has 0 fully saturated rings. The predicted octanol–water partition coefficient (Wildman–Crippen LogP) is -3.80. The second-order valence-electron chi connectivity index (χ2n) is 1.56. The zero-order valence-corrected chi connectivity index (χ0v) is 8.07. The van der Waals surface area contributed by atoms with Gasteiger partial charge in [0, 0.05) is 6.20 Å². The first-order valence-corrected chi connectivity index (χ1v) is 5.56. The van der Waals surface area contributed by atoms with Crippen molar-refractivity contribution in [3.8, 4) is 5.75 Å². The summed E-state index contributed by atoms with van der Waals surface area (Å²) in [5, 5.41) is 0.0569. The molecule has 0 saturated heterocycles. The predicted molar refractivity (Wildman–Crippen MR) is 29.9 cm³/mol. The van der Waals surface area contributed by atoms with E-state index in [2.05, 4.69) is 8.05 Å². The molecule has 0 saturated carbocycles. The summed E-state index contributed by atoms with van der Waals surface area (Å²) in [5.41, 5.74) is 0. The molecule has 0 spiro atoms. The molecule has 1 heterocycles. The van der Waals surface area contributed by atoms with Crippen LogP contribution in [0.25, 0.3) is 0 Å². The average molecular weight is 287 g/mol. The summed E-state index contributed by atoms with van der Waals surface area (Å²) in [6.45, 7) is 0. The van der Waals surface area contributed by atoms with Gasteiger partial charge in [-0.3, -0.25) is 0 Å². The van der Waals surface area contributed by atoms with Crippen LogP contribution < -0.4 is 31.0 Å². The molecule has 0 aromatic carbocycles. The highest BCUT2D eigenvalue weighted by molar-refractivity contribution is 6.30. The van der Waals surface area contributed by atoms with Crippen LogP contribution in [0.5, 0.6) is 5.75 Å². The van der Waals surface area contributed by atoms with Crippen LogP contribution in [0.3, 0.4) is 0 Å². The minimum absolute atomic E-state index is 0.0569. The third-order valence-corrected chi connectivity index (χ3v) is 1.99. The fourth-order valence-electron chi connectivity index (χ4n) is 0.497. The summed E-state index contributed by atoms with van der Waals surface area (Å²) in [6, 6.07) is 2.98. The lowest BCUT2D eigenvalue weighted by Crippen LogP contribution is -4.00. The molecule has 1 aromatic heterocycles. The standard InChI is InChI=1S/C5H3ClINO3/c6-5-4(11-7(9)10)2-1-3-8-5/h1-3H. The van der Waals surface area contributed by atoms with Crippen LogP contribution in [0, 0.1) is 0 Å². The normalized spacial score (nSPS) is 10.2. The summed E-state index contributed by atoms with van der Waals surface area (Å²) >= 11 is 1.78. The fraction of sp³-hybridized carbons (Fsp3) is 0. The fourth-order valence-corrected chi connectivity index (χ4v) is 1.53. The maximum absolute atomic E-state index is 10.1. The maximum Gasteiger partial charge on any atom is 0.570 e. The van der Waals surface area contributed by atoms with E-state index in [0.717, 1.165) is 0 Å². The van der Waals surface area contributed by atoms with E-state index < -0.39 is 21.1 Å². The molecule has 0 bridgehead atoms. The highest BCUT2D eigenvalue weighted by Crippen LogP contribution is 2.17. The molecule has 0 unspecified atom stereocenters. The molecule has 0 radical (unpaired) electrons. The molecular formula is C5H3ClINO3. The van der Waals surface area contributed by atoms with Crippen LogP contribution >= 0.6 is 11.6 Å². The van der Waals surface area contributed by atoms with E-state index in [4.69, 9.17) is 11.6 Å². The highest BCUT2D eigenvalue weighted by atomic mass is 127. The Morgan fingerprint density at radius 2 is 2.27 bits per heavy atom. The number of aromatic nitrogens is 1. The third kappa shape index (κ3) is 2.78. The van der Waals surface area contributed by atoms with Gasteiger partial charge in [0.05, 0.1) is 0 Å². The van der Waals surface area contributed by atoms with Crippen molar-refractivity contribution in [1.82, 2.24) is 4.98 Å². The Balaban J connectivity index is 2.78. The Morgan fingerprint density at radius 1 is 1.55 bits per heavy atom. The summed E-state index contributed by atoms with van der Waals surface area (Å²) < 4.78 is 24.7. The van der Waals surface area contributed by atoms with E-state index in [1.54, 1.807) is 6.07 Å². The van der Waals surface area contributed by atoms with Gasteiger partial charge in [0.1, 0.15) is 0 Å². The summed E-state index contributed by atoms with van der Waals surface area (Å²) in [5.74, 6) is 0.0874. The average Bonchev–Trinajstić information content (AvgIpc) is 1.93. The minimum Gasteiger partial charge on any atom is -0.385 e. The minimum atomic E-state index is -3.70. The second kappa shape index (κ2) is 4.05. The monoisotopic (exact) mass is 287 g/mol. The molecule has 4 nitrogen and oxygen atoms in total. The lowest BCUT2D eigenvalue weighted by Gasteiger charge is -1.94. The van der Waals surface area contributed by atoms with Gasteiger partial charge >= 0.3 is 21.1 Å². The first kappa shape index (κ1) is 8.98. The second-order valence-corrected chi connectivity index (χ2v) is 3.44. The smallest absolute Gasteiger partial charge is 0.385 e. The molecule has 11 heavy (non-hydrogen) atoms. The highest BCUT2D eigenvalue weighted by Gasteiger charge is 2.17. The van der Waals surface area contributed by atoms with Crippen LogP contribution in [0.1, 0.15) is 0 Å². The molecule has 1 aromatic rings. The number of pyridine rings is 1. The van der Waals surface area contributed by atoms with E-state index >= 15 is 0 Å². The van der Waals surface area contributed by atoms with Gasteiger partial charge in [-0.2, -0.15) is 0 Å². The molecule has 0 aliphatic carbocycles. The molecule has 1 rings (SSSR count). The van der Waals surface area contributed by atoms with Crippen molar-refractivity contribution in [2.75, 3.05) is 0 Å². The van der Waals surface area contributed by atoms with Crippen LogP contribution in [0.4, 0.5) is 0 Å². The summed E-state index contributed by atoms with van der Waals surface area (Å²) in [7, 11) is 0. The Morgan fingerprint density at radius 3 is 2.82 bits per heavy atom. The van der Waals surface area contributed by atoms with Gasteiger partial charge in [-0.1, -0.05) is 11.6 Å². The van der Waals surface area contributed by atoms with Gasteiger partial charge in [-0.05, 0) is 12.1 Å². The number of hydrogen-bond acceptors (Lipinski definition) is 4. The largest absolute Gasteiger partial charge is 0.570 e. The number of halogens is 2. The molecule has 0 aliphatic rings. The van der Waals surface area contributed by atoms with Gasteiger partial charge in [-0.15, -0.1) is 3.07 Å². The Kier molecular flexibility index (Phi) is 3.31. The lowest BCUT2D eigenvalue weighted by molar-refractivity contribution is -1.62. The number of rotatable bonds is 2. The molecule has 0 atom stereocenters. The van der Waals surface area contributed by atoms with Gasteiger partial charge in [-0.25, -0.2) is 4.98 Å². The van der Waals surface area contributed by atoms with Crippen molar-refractivity contribution in [3.63, 3.8) is 0 Å². The van der Waals surface area contributed by atoms with E-state index in [1.807, 2.05) is 0 Å². The molecule has 0 aliphatic heterocycles. The number of nitrogens with zero attached hydrogens (tertiary/aromatic N) is 1. The molecular weight excluding hydrogens is 284 g/mol. The van der Waals surface area contributed by atoms with E-state index in [0.29, 0.717) is 0 Å². The lowest BCUT2D eigenvalue weighted by atomic mass is 10.5. The van der Waals surface area contributed by atoms with Crippen molar-refractivity contribution in [2.45, 2.75) is 0 Å². The molecule has 60 valence electrons. The van der Waals surface area contributed by atoms with Crippen LogP contribution in [0.2, 0.25) is 5.15 Å². The van der Waals surface area contributed by atoms with E-state index in [-0.39, 0.29) is 10.9 Å². The number of hydrogen-bond donors (Lipinski definition) is 0. The van der Waals surface area contributed by atoms with Crippen LogP contribution in [0.15, 0.2) is 18.3 Å². The van der Waals surface area contributed by atoms with Crippen molar-refractivity contribution < 1.29 is 31.0 Å². The van der Waals surface area contributed by atoms with Gasteiger partial charge in [0.15, 0.2) is 5.15 Å². The van der Waals surface area contributed by atoms with Crippen molar-refractivity contribution in [2.24, 2.45) is 0 Å². The Bertz CT molecular complexity index is 245. The SMILES string of the molecule is [O-][I+2]([O-])Oc1cccnc1Cl. The molecule has 0 N–H and O–H groups in total. The van der Waals surface area contributed by atoms with Crippen molar-refractivity contribution in [1.29, 1.82) is 0 Å². The molecule has 6 heteroatoms. The maximum atomic E-state index is 10.1. The van der Waals surface area contributed by atoms with E-state index in [9.17, 15) is 6.87 Å².